The molecule has 2 rings (SSSR count). The molecular formula is C24H37NO3. The molecule has 4 heteroatoms. The molecule has 1 aromatic carbocycles. The van der Waals surface area contributed by atoms with E-state index in [1.807, 2.05) is 30.3 Å². The SMILES string of the molecule is CCCC(O)(CCC)c1ccc(CN(Cc2ccccc2OC)[C@H](C)CC)o1. The van der Waals surface area contributed by atoms with E-state index in [9.17, 15) is 5.11 Å². The van der Waals surface area contributed by atoms with Crippen LogP contribution in [0.1, 0.15) is 76.9 Å². The first-order valence-corrected chi connectivity index (χ1v) is 10.6. The summed E-state index contributed by atoms with van der Waals surface area (Å²) in [6.07, 6.45) is 4.37. The maximum absolute atomic E-state index is 11.1. The molecule has 2 aromatic rings. The van der Waals surface area contributed by atoms with Gasteiger partial charge in [-0.25, -0.2) is 0 Å². The van der Waals surface area contributed by atoms with Crippen LogP contribution in [0.15, 0.2) is 40.8 Å². The third-order valence-electron chi connectivity index (χ3n) is 5.59. The first-order valence-electron chi connectivity index (χ1n) is 10.6. The van der Waals surface area contributed by atoms with Crippen LogP contribution in [0.5, 0.6) is 5.75 Å². The highest BCUT2D eigenvalue weighted by Crippen LogP contribution is 2.33. The molecule has 156 valence electrons. The summed E-state index contributed by atoms with van der Waals surface area (Å²) >= 11 is 0. The molecule has 0 amide bonds. The second kappa shape index (κ2) is 10.7. The molecule has 0 radical (unpaired) electrons. The number of para-hydroxylation sites is 1. The molecule has 1 aromatic heterocycles. The summed E-state index contributed by atoms with van der Waals surface area (Å²) in [4.78, 5) is 2.40. The molecule has 4 nitrogen and oxygen atoms in total. The Balaban J connectivity index is 2.20. The average Bonchev–Trinajstić information content (AvgIpc) is 3.17. The summed E-state index contributed by atoms with van der Waals surface area (Å²) in [5, 5.41) is 11.1. The van der Waals surface area contributed by atoms with Crippen molar-refractivity contribution in [2.45, 2.75) is 84.5 Å². The van der Waals surface area contributed by atoms with Gasteiger partial charge in [0.25, 0.3) is 0 Å². The van der Waals surface area contributed by atoms with Crippen molar-refractivity contribution >= 4 is 0 Å². The maximum Gasteiger partial charge on any atom is 0.135 e. The first kappa shape index (κ1) is 22.5. The van der Waals surface area contributed by atoms with E-state index >= 15 is 0 Å². The van der Waals surface area contributed by atoms with Gasteiger partial charge in [0, 0.05) is 18.2 Å². The fourth-order valence-electron chi connectivity index (χ4n) is 3.79. The summed E-state index contributed by atoms with van der Waals surface area (Å²) in [6, 6.07) is 12.5. The Kier molecular flexibility index (Phi) is 8.58. The van der Waals surface area contributed by atoms with Crippen molar-refractivity contribution < 1.29 is 14.3 Å². The van der Waals surface area contributed by atoms with Crippen molar-refractivity contribution in [2.75, 3.05) is 7.11 Å². The number of hydrogen-bond acceptors (Lipinski definition) is 4. The van der Waals surface area contributed by atoms with Crippen molar-refractivity contribution in [2.24, 2.45) is 0 Å². The van der Waals surface area contributed by atoms with E-state index in [2.05, 4.69) is 38.7 Å². The normalized spacial score (nSPS) is 13.1. The van der Waals surface area contributed by atoms with Gasteiger partial charge in [0.2, 0.25) is 0 Å². The van der Waals surface area contributed by atoms with Gasteiger partial charge < -0.3 is 14.3 Å². The minimum atomic E-state index is -0.856. The third kappa shape index (κ3) is 5.62. The number of rotatable bonds is 12. The van der Waals surface area contributed by atoms with Gasteiger partial charge in [-0.15, -0.1) is 0 Å². The highest BCUT2D eigenvalue weighted by molar-refractivity contribution is 5.33. The Morgan fingerprint density at radius 3 is 2.32 bits per heavy atom. The lowest BCUT2D eigenvalue weighted by molar-refractivity contribution is -0.00544. The maximum atomic E-state index is 11.1. The van der Waals surface area contributed by atoms with Crippen LogP contribution in [0, 0.1) is 0 Å². The van der Waals surface area contributed by atoms with E-state index in [1.54, 1.807) is 7.11 Å². The van der Waals surface area contributed by atoms with Gasteiger partial charge in [-0.05, 0) is 44.4 Å². The lowest BCUT2D eigenvalue weighted by Gasteiger charge is -2.28. The van der Waals surface area contributed by atoms with E-state index in [-0.39, 0.29) is 0 Å². The number of methoxy groups -OCH3 is 1. The van der Waals surface area contributed by atoms with E-state index in [1.165, 1.54) is 5.56 Å². The Hall–Kier alpha value is -1.78. The highest BCUT2D eigenvalue weighted by atomic mass is 16.5. The summed E-state index contributed by atoms with van der Waals surface area (Å²) < 4.78 is 11.7. The lowest BCUT2D eigenvalue weighted by Crippen LogP contribution is -2.31. The number of aliphatic hydroxyl groups is 1. The lowest BCUT2D eigenvalue weighted by atomic mass is 9.90. The molecule has 0 unspecified atom stereocenters. The third-order valence-corrected chi connectivity index (χ3v) is 5.59. The largest absolute Gasteiger partial charge is 0.496 e. The van der Waals surface area contributed by atoms with Crippen molar-refractivity contribution in [3.63, 3.8) is 0 Å². The number of nitrogens with zero attached hydrogens (tertiary/aromatic N) is 1. The minimum absolute atomic E-state index is 0.406. The molecule has 0 saturated carbocycles. The standard InChI is InChI=1S/C24H37NO3/c1-6-15-24(26,16-7-2)23-14-13-21(28-23)18-25(19(4)8-3)17-20-11-9-10-12-22(20)27-5/h9-14,19,26H,6-8,15-18H2,1-5H3/t19-/m1/s1. The predicted molar refractivity (Wildman–Crippen MR) is 114 cm³/mol. The van der Waals surface area contributed by atoms with Crippen LogP contribution in [0.2, 0.25) is 0 Å². The second-order valence-corrected chi connectivity index (χ2v) is 7.77. The fraction of sp³-hybridized carbons (Fsp3) is 0.583. The van der Waals surface area contributed by atoms with Crippen molar-refractivity contribution in [1.82, 2.24) is 4.90 Å². The summed E-state index contributed by atoms with van der Waals surface area (Å²) in [7, 11) is 1.72. The number of ether oxygens (including phenoxy) is 1. The van der Waals surface area contributed by atoms with Crippen LogP contribution < -0.4 is 4.74 Å². The minimum Gasteiger partial charge on any atom is -0.496 e. The fourth-order valence-corrected chi connectivity index (χ4v) is 3.79. The molecule has 0 bridgehead atoms. The summed E-state index contributed by atoms with van der Waals surface area (Å²) in [6.45, 7) is 10.1. The quantitative estimate of drug-likeness (QED) is 0.494. The average molecular weight is 388 g/mol. The van der Waals surface area contributed by atoms with Crippen LogP contribution in [0.3, 0.4) is 0 Å². The van der Waals surface area contributed by atoms with Gasteiger partial charge in [-0.1, -0.05) is 51.8 Å². The second-order valence-electron chi connectivity index (χ2n) is 7.77. The van der Waals surface area contributed by atoms with Gasteiger partial charge in [0.05, 0.1) is 13.7 Å². The topological polar surface area (TPSA) is 45.8 Å². The predicted octanol–water partition coefficient (Wildman–Crippen LogP) is 5.88. The van der Waals surface area contributed by atoms with E-state index in [0.717, 1.165) is 50.2 Å². The molecule has 0 aliphatic rings. The molecule has 1 atom stereocenters. The zero-order chi connectivity index (χ0) is 20.6. The Morgan fingerprint density at radius 1 is 1.04 bits per heavy atom. The zero-order valence-electron chi connectivity index (χ0n) is 18.2. The number of furan rings is 1. The summed E-state index contributed by atoms with van der Waals surface area (Å²) in [5.41, 5.74) is 0.316. The zero-order valence-corrected chi connectivity index (χ0v) is 18.2. The van der Waals surface area contributed by atoms with Crippen molar-refractivity contribution in [3.05, 3.63) is 53.5 Å². The van der Waals surface area contributed by atoms with Crippen LogP contribution in [-0.2, 0) is 18.7 Å². The van der Waals surface area contributed by atoms with E-state index in [4.69, 9.17) is 9.15 Å². The van der Waals surface area contributed by atoms with Gasteiger partial charge in [-0.3, -0.25) is 4.90 Å². The highest BCUT2D eigenvalue weighted by Gasteiger charge is 2.31. The van der Waals surface area contributed by atoms with Gasteiger partial charge in [0.1, 0.15) is 22.9 Å². The molecule has 1 heterocycles. The van der Waals surface area contributed by atoms with Gasteiger partial charge in [0.15, 0.2) is 0 Å². The molecule has 0 spiro atoms. The number of benzene rings is 1. The van der Waals surface area contributed by atoms with Crippen molar-refractivity contribution in [3.8, 4) is 5.75 Å². The molecule has 0 fully saturated rings. The van der Waals surface area contributed by atoms with Gasteiger partial charge in [-0.2, -0.15) is 0 Å². The first-order chi connectivity index (χ1) is 13.5. The van der Waals surface area contributed by atoms with E-state index < -0.39 is 5.60 Å². The molecule has 28 heavy (non-hydrogen) atoms. The Labute approximate surface area is 170 Å². The molecule has 0 saturated heterocycles. The van der Waals surface area contributed by atoms with Crippen LogP contribution in [-0.4, -0.2) is 23.2 Å². The number of hydrogen-bond donors (Lipinski definition) is 1. The van der Waals surface area contributed by atoms with E-state index in [0.29, 0.717) is 18.3 Å². The molecule has 0 aliphatic carbocycles. The monoisotopic (exact) mass is 387 g/mol. The molecule has 0 aliphatic heterocycles. The smallest absolute Gasteiger partial charge is 0.135 e. The Bertz CT molecular complexity index is 703. The molecule has 1 N–H and O–H groups in total. The van der Waals surface area contributed by atoms with Crippen molar-refractivity contribution in [1.29, 1.82) is 0 Å². The van der Waals surface area contributed by atoms with Crippen LogP contribution in [0.4, 0.5) is 0 Å². The van der Waals surface area contributed by atoms with Gasteiger partial charge >= 0.3 is 0 Å². The van der Waals surface area contributed by atoms with Crippen LogP contribution in [0.25, 0.3) is 0 Å². The summed E-state index contributed by atoms with van der Waals surface area (Å²) in [5.74, 6) is 2.51. The van der Waals surface area contributed by atoms with Crippen LogP contribution >= 0.6 is 0 Å². The molecular weight excluding hydrogens is 350 g/mol. The Morgan fingerprint density at radius 2 is 1.71 bits per heavy atom.